The molecule has 2 rings (SSSR count). The summed E-state index contributed by atoms with van der Waals surface area (Å²) in [5.41, 5.74) is 1.23. The Morgan fingerprint density at radius 2 is 2.28 bits per heavy atom. The van der Waals surface area contributed by atoms with Gasteiger partial charge in [0.2, 0.25) is 0 Å². The van der Waals surface area contributed by atoms with Gasteiger partial charge in [-0.05, 0) is 38.8 Å². The number of nitrogens with zero attached hydrogens (tertiary/aromatic N) is 4. The average Bonchev–Trinajstić information content (AvgIpc) is 3.00. The second kappa shape index (κ2) is 9.20. The first-order valence-corrected chi connectivity index (χ1v) is 9.15. The molecule has 2 amide bonds. The minimum Gasteiger partial charge on any atom is -0.383 e. The van der Waals surface area contributed by atoms with Crippen LogP contribution in [-0.4, -0.2) is 72.6 Å². The number of ether oxygens (including phenoxy) is 1. The van der Waals surface area contributed by atoms with Gasteiger partial charge in [0.25, 0.3) is 0 Å². The van der Waals surface area contributed by atoms with Gasteiger partial charge in [-0.25, -0.2) is 4.79 Å². The molecular weight excluding hydrogens is 318 g/mol. The zero-order valence-corrected chi connectivity index (χ0v) is 16.2. The largest absolute Gasteiger partial charge is 0.383 e. The average molecular weight is 351 g/mol. The fraction of sp³-hybridized carbons (Fsp3) is 0.778. The first-order valence-electron chi connectivity index (χ1n) is 9.15. The molecule has 1 aromatic rings. The predicted octanol–water partition coefficient (Wildman–Crippen LogP) is 1.87. The lowest BCUT2D eigenvalue weighted by atomic mass is 9.86. The highest BCUT2D eigenvalue weighted by molar-refractivity contribution is 5.74. The molecule has 0 aromatic carbocycles. The van der Waals surface area contributed by atoms with Gasteiger partial charge >= 0.3 is 6.03 Å². The predicted molar refractivity (Wildman–Crippen MR) is 98.4 cm³/mol. The third kappa shape index (κ3) is 5.19. The fourth-order valence-corrected chi connectivity index (χ4v) is 3.75. The van der Waals surface area contributed by atoms with Gasteiger partial charge in [-0.1, -0.05) is 6.92 Å². The van der Waals surface area contributed by atoms with E-state index in [1.54, 1.807) is 7.11 Å². The molecule has 25 heavy (non-hydrogen) atoms. The summed E-state index contributed by atoms with van der Waals surface area (Å²) in [4.78, 5) is 16.7. The highest BCUT2D eigenvalue weighted by Gasteiger charge is 2.33. The lowest BCUT2D eigenvalue weighted by Gasteiger charge is -2.40. The van der Waals surface area contributed by atoms with Crippen LogP contribution in [0.15, 0.2) is 12.4 Å². The molecule has 1 fully saturated rings. The van der Waals surface area contributed by atoms with Crippen LogP contribution in [0.3, 0.4) is 0 Å². The van der Waals surface area contributed by atoms with Crippen LogP contribution in [0.1, 0.15) is 37.8 Å². The van der Waals surface area contributed by atoms with Crippen molar-refractivity contribution in [1.29, 1.82) is 0 Å². The van der Waals surface area contributed by atoms with Crippen molar-refractivity contribution in [2.45, 2.75) is 38.3 Å². The number of carbonyl (C=O) groups is 1. The third-order valence-corrected chi connectivity index (χ3v) is 5.12. The number of hydrogen-bond acceptors (Lipinski definition) is 4. The second-order valence-electron chi connectivity index (χ2n) is 7.17. The van der Waals surface area contributed by atoms with Crippen LogP contribution in [0, 0.1) is 5.92 Å². The van der Waals surface area contributed by atoms with Crippen molar-refractivity contribution in [2.24, 2.45) is 13.0 Å². The summed E-state index contributed by atoms with van der Waals surface area (Å²) < 4.78 is 7.02. The third-order valence-electron chi connectivity index (χ3n) is 5.12. The Balaban J connectivity index is 2.01. The van der Waals surface area contributed by atoms with Crippen LogP contribution in [0.2, 0.25) is 0 Å². The van der Waals surface area contributed by atoms with Gasteiger partial charge in [-0.2, -0.15) is 5.10 Å². The molecule has 0 unspecified atom stereocenters. The summed E-state index contributed by atoms with van der Waals surface area (Å²) in [6.07, 6.45) is 7.18. The van der Waals surface area contributed by atoms with Crippen molar-refractivity contribution in [3.8, 4) is 0 Å². The van der Waals surface area contributed by atoms with Crippen LogP contribution in [0.5, 0.6) is 0 Å². The maximum absolute atomic E-state index is 12.5. The molecule has 0 radical (unpaired) electrons. The van der Waals surface area contributed by atoms with E-state index in [0.29, 0.717) is 18.6 Å². The maximum atomic E-state index is 12.5. The monoisotopic (exact) mass is 351 g/mol. The van der Waals surface area contributed by atoms with Gasteiger partial charge in [-0.15, -0.1) is 0 Å². The molecule has 0 aliphatic carbocycles. The number of amides is 2. The van der Waals surface area contributed by atoms with E-state index < -0.39 is 0 Å². The number of aromatic nitrogens is 2. The Kier molecular flexibility index (Phi) is 7.25. The van der Waals surface area contributed by atoms with E-state index in [2.05, 4.69) is 35.5 Å². The van der Waals surface area contributed by atoms with Gasteiger partial charge < -0.3 is 15.0 Å². The first-order chi connectivity index (χ1) is 12.0. The highest BCUT2D eigenvalue weighted by Crippen LogP contribution is 2.35. The summed E-state index contributed by atoms with van der Waals surface area (Å²) in [7, 11) is 7.65. The molecule has 142 valence electrons. The maximum Gasteiger partial charge on any atom is 0.317 e. The Hall–Kier alpha value is -1.60. The van der Waals surface area contributed by atoms with E-state index in [1.165, 1.54) is 5.56 Å². The van der Waals surface area contributed by atoms with Crippen molar-refractivity contribution >= 4 is 6.03 Å². The van der Waals surface area contributed by atoms with E-state index in [9.17, 15) is 4.79 Å². The van der Waals surface area contributed by atoms with E-state index >= 15 is 0 Å². The SMILES string of the molecule is CC[C@@H](COC)NC(=O)N(C)C[C@@H]1CCCN(C)[C@H]1c1cnn(C)c1. The zero-order chi connectivity index (χ0) is 18.4. The number of piperidine rings is 1. The molecule has 1 saturated heterocycles. The van der Waals surface area contributed by atoms with E-state index in [0.717, 1.165) is 32.4 Å². The highest BCUT2D eigenvalue weighted by atomic mass is 16.5. The standard InChI is InChI=1S/C18H33N5O2/c1-6-16(13-25-5)20-18(24)22(3)11-14-8-7-9-21(2)17(14)15-10-19-23(4)12-15/h10,12,14,16-17H,6-9,11,13H2,1-5H3,(H,20,24)/t14-,16-,17+/m0/s1. The Bertz CT molecular complexity index is 547. The minimum atomic E-state index is -0.0259. The number of methoxy groups -OCH3 is 1. The lowest BCUT2D eigenvalue weighted by Crippen LogP contribution is -2.48. The van der Waals surface area contributed by atoms with Crippen LogP contribution in [0.4, 0.5) is 4.79 Å². The van der Waals surface area contributed by atoms with E-state index in [4.69, 9.17) is 4.74 Å². The quantitative estimate of drug-likeness (QED) is 0.815. The number of aryl methyl sites for hydroxylation is 1. The van der Waals surface area contributed by atoms with Crippen molar-refractivity contribution in [1.82, 2.24) is 24.9 Å². The molecule has 1 aromatic heterocycles. The Labute approximate surface area is 151 Å². The number of rotatable bonds is 7. The summed E-state index contributed by atoms with van der Waals surface area (Å²) in [5, 5.41) is 7.39. The fourth-order valence-electron chi connectivity index (χ4n) is 3.75. The Morgan fingerprint density at radius 1 is 1.52 bits per heavy atom. The lowest BCUT2D eigenvalue weighted by molar-refractivity contribution is 0.0975. The molecule has 1 aliphatic heterocycles. The smallest absolute Gasteiger partial charge is 0.317 e. The Morgan fingerprint density at radius 3 is 2.88 bits per heavy atom. The molecule has 7 heteroatoms. The van der Waals surface area contributed by atoms with Gasteiger partial charge in [0.1, 0.15) is 0 Å². The summed E-state index contributed by atoms with van der Waals surface area (Å²) in [5.74, 6) is 0.404. The zero-order valence-electron chi connectivity index (χ0n) is 16.2. The van der Waals surface area contributed by atoms with Gasteiger partial charge in [0, 0.05) is 45.6 Å². The molecule has 0 saturated carbocycles. The van der Waals surface area contributed by atoms with Gasteiger partial charge in [0.15, 0.2) is 0 Å². The summed E-state index contributed by atoms with van der Waals surface area (Å²) in [6, 6.07) is 0.337. The molecule has 7 nitrogen and oxygen atoms in total. The van der Waals surface area contributed by atoms with Crippen LogP contribution >= 0.6 is 0 Å². The van der Waals surface area contributed by atoms with Gasteiger partial charge in [-0.3, -0.25) is 9.58 Å². The second-order valence-corrected chi connectivity index (χ2v) is 7.17. The molecule has 0 bridgehead atoms. The molecule has 1 N–H and O–H groups in total. The van der Waals surface area contributed by atoms with Gasteiger partial charge in [0.05, 0.1) is 18.8 Å². The van der Waals surface area contributed by atoms with E-state index in [-0.39, 0.29) is 12.1 Å². The normalized spacial score (nSPS) is 22.6. The van der Waals surface area contributed by atoms with Crippen molar-refractivity contribution in [3.63, 3.8) is 0 Å². The topological polar surface area (TPSA) is 62.6 Å². The minimum absolute atomic E-state index is 0.0259. The van der Waals surface area contributed by atoms with Crippen molar-refractivity contribution in [3.05, 3.63) is 18.0 Å². The van der Waals surface area contributed by atoms with Crippen molar-refractivity contribution in [2.75, 3.05) is 40.9 Å². The first kappa shape index (κ1) is 19.7. The summed E-state index contributed by atoms with van der Waals surface area (Å²) in [6.45, 7) is 4.41. The van der Waals surface area contributed by atoms with Crippen LogP contribution in [-0.2, 0) is 11.8 Å². The van der Waals surface area contributed by atoms with Crippen LogP contribution in [0.25, 0.3) is 0 Å². The van der Waals surface area contributed by atoms with E-state index in [1.807, 2.05) is 29.9 Å². The summed E-state index contributed by atoms with van der Waals surface area (Å²) >= 11 is 0. The number of urea groups is 1. The molecule has 1 aliphatic rings. The molecule has 3 atom stereocenters. The molecule has 2 heterocycles. The van der Waals surface area contributed by atoms with Crippen LogP contribution < -0.4 is 5.32 Å². The number of hydrogen-bond donors (Lipinski definition) is 1. The number of nitrogens with one attached hydrogen (secondary N) is 1. The van der Waals surface area contributed by atoms with Crippen molar-refractivity contribution < 1.29 is 9.53 Å². The molecule has 0 spiro atoms. The number of carbonyl (C=O) groups excluding carboxylic acids is 1. The molecular formula is C18H33N5O2. The number of likely N-dealkylation sites (tertiary alicyclic amines) is 1.